The Hall–Kier alpha value is -12.3. The Bertz CT molecular complexity index is 4810. The lowest BCUT2D eigenvalue weighted by atomic mass is 9.90. The highest BCUT2D eigenvalue weighted by Gasteiger charge is 2.22. The molecule has 0 bridgehead atoms. The number of anilines is 6. The van der Waals surface area contributed by atoms with Crippen LogP contribution in [-0.4, -0.2) is 28.7 Å². The van der Waals surface area contributed by atoms with E-state index in [0.29, 0.717) is 0 Å². The van der Waals surface area contributed by atoms with E-state index in [1.54, 1.807) is 0 Å². The van der Waals surface area contributed by atoms with Gasteiger partial charge in [-0.05, 0) is 166 Å². The zero-order chi connectivity index (χ0) is 59.7. The minimum absolute atomic E-state index is 0.773. The van der Waals surface area contributed by atoms with Crippen molar-refractivity contribution in [2.75, 3.05) is 9.80 Å². The Balaban J connectivity index is 0.837. The number of fused-ring (bicyclic) bond motifs is 3. The van der Waals surface area contributed by atoms with Crippen molar-refractivity contribution in [3.05, 3.63) is 340 Å². The highest BCUT2D eigenvalue weighted by atomic mass is 15.1. The van der Waals surface area contributed by atoms with E-state index in [4.69, 9.17) is 19.9 Å². The van der Waals surface area contributed by atoms with E-state index < -0.39 is 0 Å². The molecule has 11 aromatic carbocycles. The average molecular weight is 1150 g/mol. The SMILES string of the molecule is c1ccc(-c2cccc(-c3cc4nc(-c5ccc(N(c6ccccc6)c6ccc(-c7cn8ccccc8n7)cc6)cc5)c(-c5ccc(N(c6ccccc6)c6ccc(-c7cn8ccccc8n7)cc6)cc5)nc4cc3-c3cccc(-c4ccccc4)c3)c2)cc1. The monoisotopic (exact) mass is 1150 g/mol. The molecule has 0 aliphatic carbocycles. The maximum Gasteiger partial charge on any atom is 0.137 e. The molecule has 0 saturated carbocycles. The number of rotatable bonds is 14. The van der Waals surface area contributed by atoms with E-state index in [0.717, 1.165) is 146 Å². The average Bonchev–Trinajstić information content (AvgIpc) is 1.09. The van der Waals surface area contributed by atoms with Crippen LogP contribution < -0.4 is 9.80 Å². The summed E-state index contributed by atoms with van der Waals surface area (Å²) < 4.78 is 4.11. The summed E-state index contributed by atoms with van der Waals surface area (Å²) in [5.74, 6) is 0. The molecule has 0 aliphatic rings. The number of hydrogen-bond donors (Lipinski definition) is 0. The maximum atomic E-state index is 5.73. The van der Waals surface area contributed by atoms with E-state index >= 15 is 0 Å². The molecule has 0 amide bonds. The van der Waals surface area contributed by atoms with Crippen LogP contribution in [0.1, 0.15) is 0 Å². The van der Waals surface area contributed by atoms with Crippen LogP contribution in [0.3, 0.4) is 0 Å². The van der Waals surface area contributed by atoms with Gasteiger partial charge in [0.2, 0.25) is 0 Å². The summed E-state index contributed by atoms with van der Waals surface area (Å²) in [7, 11) is 0. The van der Waals surface area contributed by atoms with Gasteiger partial charge in [0.25, 0.3) is 0 Å². The fourth-order valence-corrected chi connectivity index (χ4v) is 12.3. The van der Waals surface area contributed by atoms with Crippen molar-refractivity contribution in [3.8, 4) is 89.5 Å². The summed E-state index contributed by atoms with van der Waals surface area (Å²) in [6, 6.07) is 111. The van der Waals surface area contributed by atoms with E-state index in [1.807, 2.05) is 48.8 Å². The maximum absolute atomic E-state index is 5.73. The molecule has 0 atom stereocenters. The largest absolute Gasteiger partial charge is 0.311 e. The summed E-state index contributed by atoms with van der Waals surface area (Å²) in [5, 5.41) is 0. The van der Waals surface area contributed by atoms with Gasteiger partial charge in [0.15, 0.2) is 0 Å². The van der Waals surface area contributed by atoms with E-state index in [9.17, 15) is 0 Å². The number of pyridine rings is 2. The molecule has 90 heavy (non-hydrogen) atoms. The third-order valence-electron chi connectivity index (χ3n) is 16.8. The van der Waals surface area contributed by atoms with E-state index in [1.165, 1.54) is 0 Å². The molecule has 16 aromatic rings. The molecule has 8 heteroatoms. The van der Waals surface area contributed by atoms with Crippen molar-refractivity contribution >= 4 is 56.5 Å². The van der Waals surface area contributed by atoms with Gasteiger partial charge in [0.1, 0.15) is 11.3 Å². The fraction of sp³-hybridized carbons (Fsp3) is 0. The van der Waals surface area contributed by atoms with Gasteiger partial charge in [-0.25, -0.2) is 19.9 Å². The van der Waals surface area contributed by atoms with Gasteiger partial charge < -0.3 is 18.6 Å². The summed E-state index contributed by atoms with van der Waals surface area (Å²) in [6.07, 6.45) is 8.22. The van der Waals surface area contributed by atoms with E-state index in [-0.39, 0.29) is 0 Å². The van der Waals surface area contributed by atoms with Crippen LogP contribution >= 0.6 is 0 Å². The number of benzene rings is 11. The summed E-state index contributed by atoms with van der Waals surface area (Å²) in [6.45, 7) is 0. The van der Waals surface area contributed by atoms with Crippen molar-refractivity contribution in [2.45, 2.75) is 0 Å². The van der Waals surface area contributed by atoms with Crippen molar-refractivity contribution in [3.63, 3.8) is 0 Å². The number of imidazole rings is 2. The zero-order valence-electron chi connectivity index (χ0n) is 48.9. The molecular weight excluding hydrogens is 1100 g/mol. The number of hydrogen-bond acceptors (Lipinski definition) is 6. The molecule has 16 rings (SSSR count). The molecule has 5 heterocycles. The van der Waals surface area contributed by atoms with Crippen LogP contribution in [0.4, 0.5) is 34.1 Å². The van der Waals surface area contributed by atoms with Crippen molar-refractivity contribution < 1.29 is 0 Å². The topological polar surface area (TPSA) is 66.9 Å². The number of aromatic nitrogens is 6. The minimum Gasteiger partial charge on any atom is -0.311 e. The third kappa shape index (κ3) is 10.4. The normalized spacial score (nSPS) is 11.3. The van der Waals surface area contributed by atoms with Crippen molar-refractivity contribution in [1.82, 2.24) is 28.7 Å². The molecule has 0 radical (unpaired) electrons. The highest BCUT2D eigenvalue weighted by molar-refractivity contribution is 5.97. The lowest BCUT2D eigenvalue weighted by Crippen LogP contribution is -2.10. The van der Waals surface area contributed by atoms with Gasteiger partial charge in [0.05, 0.1) is 33.8 Å². The molecular formula is C82H56N8. The molecule has 424 valence electrons. The predicted molar refractivity (Wildman–Crippen MR) is 370 cm³/mol. The van der Waals surface area contributed by atoms with Crippen LogP contribution in [0.15, 0.2) is 340 Å². The summed E-state index contributed by atoms with van der Waals surface area (Å²) >= 11 is 0. The number of para-hydroxylation sites is 2. The fourth-order valence-electron chi connectivity index (χ4n) is 12.3. The second-order valence-corrected chi connectivity index (χ2v) is 22.4. The van der Waals surface area contributed by atoms with Crippen LogP contribution in [0, 0.1) is 0 Å². The van der Waals surface area contributed by atoms with Gasteiger partial charge in [-0.1, -0.05) is 194 Å². The lowest BCUT2D eigenvalue weighted by Gasteiger charge is -2.26. The highest BCUT2D eigenvalue weighted by Crippen LogP contribution is 2.43. The summed E-state index contributed by atoms with van der Waals surface area (Å²) in [4.78, 5) is 25.9. The first-order valence-corrected chi connectivity index (χ1v) is 30.2. The van der Waals surface area contributed by atoms with Crippen molar-refractivity contribution in [1.29, 1.82) is 0 Å². The third-order valence-corrected chi connectivity index (χ3v) is 16.8. The first-order chi connectivity index (χ1) is 44.6. The molecule has 0 spiro atoms. The Labute approximate surface area is 521 Å². The molecule has 0 fully saturated rings. The smallest absolute Gasteiger partial charge is 0.137 e. The Morgan fingerprint density at radius 3 is 0.900 bits per heavy atom. The Morgan fingerprint density at radius 2 is 0.533 bits per heavy atom. The standard InChI is InChI=1S/C82H56N8/c1-5-19-57(20-6-1)63-23-17-25-65(51-63)73-53-75-76(54-74(73)66-26-18-24-64(52-66)58-21-7-2-8-22-58)86-82(62-39-47-72(48-40-62)90(68-29-11-4-12-30-68)70-43-35-60(36-44-70)78-56-88-50-16-14-32-80(88)84-78)81(85-75)61-37-45-71(46-38-61)89(67-27-9-3-10-28-67)69-41-33-59(34-42-69)77-55-87-49-15-13-31-79(87)83-77/h1-56H. The van der Waals surface area contributed by atoms with Crippen molar-refractivity contribution in [2.24, 2.45) is 0 Å². The van der Waals surface area contributed by atoms with E-state index in [2.05, 4.69) is 310 Å². The van der Waals surface area contributed by atoms with Gasteiger partial charge in [0, 0.05) is 81.2 Å². The van der Waals surface area contributed by atoms with Crippen LogP contribution in [0.2, 0.25) is 0 Å². The summed E-state index contributed by atoms with van der Waals surface area (Å²) in [5.41, 5.74) is 25.8. The minimum atomic E-state index is 0.773. The lowest BCUT2D eigenvalue weighted by molar-refractivity contribution is 1.19. The second-order valence-electron chi connectivity index (χ2n) is 22.4. The van der Waals surface area contributed by atoms with Gasteiger partial charge >= 0.3 is 0 Å². The van der Waals surface area contributed by atoms with Crippen LogP contribution in [-0.2, 0) is 0 Å². The zero-order valence-corrected chi connectivity index (χ0v) is 48.9. The molecule has 0 unspecified atom stereocenters. The second kappa shape index (κ2) is 23.2. The number of nitrogens with zero attached hydrogens (tertiary/aromatic N) is 8. The van der Waals surface area contributed by atoms with Gasteiger partial charge in [-0.3, -0.25) is 0 Å². The van der Waals surface area contributed by atoms with Crippen LogP contribution in [0.5, 0.6) is 0 Å². The van der Waals surface area contributed by atoms with Gasteiger partial charge in [-0.2, -0.15) is 0 Å². The predicted octanol–water partition coefficient (Wildman–Crippen LogP) is 21.2. The Kier molecular flexibility index (Phi) is 13.7. The first kappa shape index (κ1) is 53.2. The Morgan fingerprint density at radius 1 is 0.222 bits per heavy atom. The quantitative estimate of drug-likeness (QED) is 0.108. The van der Waals surface area contributed by atoms with Crippen LogP contribution in [0.25, 0.3) is 112 Å². The molecule has 0 aliphatic heterocycles. The van der Waals surface area contributed by atoms with Gasteiger partial charge in [-0.15, -0.1) is 0 Å². The molecule has 0 N–H and O–H groups in total. The molecule has 8 nitrogen and oxygen atoms in total. The first-order valence-electron chi connectivity index (χ1n) is 30.2. The molecule has 0 saturated heterocycles. The molecule has 5 aromatic heterocycles.